The topological polar surface area (TPSA) is 134 Å². The van der Waals surface area contributed by atoms with Crippen LogP contribution in [0.1, 0.15) is 51.5 Å². The van der Waals surface area contributed by atoms with Crippen molar-refractivity contribution in [3.8, 4) is 6.07 Å². The minimum Gasteiger partial charge on any atom is -0.445 e. The van der Waals surface area contributed by atoms with Crippen LogP contribution in [0.4, 0.5) is 4.79 Å². The van der Waals surface area contributed by atoms with Gasteiger partial charge in [-0.15, -0.1) is 0 Å². The molecular formula is C21H30N4O4. The predicted molar refractivity (Wildman–Crippen MR) is 108 cm³/mol. The molecule has 1 aromatic carbocycles. The fraction of sp³-hybridized carbons (Fsp3) is 0.524. The van der Waals surface area contributed by atoms with E-state index in [1.165, 1.54) is 0 Å². The maximum absolute atomic E-state index is 12.7. The molecule has 8 nitrogen and oxygen atoms in total. The third-order valence-corrected chi connectivity index (χ3v) is 4.22. The Morgan fingerprint density at radius 1 is 1.10 bits per heavy atom. The number of rotatable bonds is 12. The van der Waals surface area contributed by atoms with E-state index in [0.29, 0.717) is 32.1 Å². The Morgan fingerprint density at radius 2 is 1.79 bits per heavy atom. The number of nitrogens with one attached hydrogen (secondary N) is 2. The number of nitrogens with two attached hydrogens (primary N) is 1. The van der Waals surface area contributed by atoms with Gasteiger partial charge in [0.2, 0.25) is 11.8 Å². The molecule has 1 rings (SSSR count). The maximum Gasteiger partial charge on any atom is 0.408 e. The van der Waals surface area contributed by atoms with Gasteiger partial charge in [-0.2, -0.15) is 5.26 Å². The SMILES string of the molecule is CC(C)C[C@H](NC(=O)OCc1ccccc1)C(=O)N[C@H](CCCCC#N)C(N)=O. The lowest BCUT2D eigenvalue weighted by atomic mass is 10.0. The summed E-state index contributed by atoms with van der Waals surface area (Å²) in [5, 5.41) is 13.8. The van der Waals surface area contributed by atoms with Crippen LogP contribution in [-0.4, -0.2) is 30.0 Å². The number of carbonyl (C=O) groups excluding carboxylic acids is 3. The largest absolute Gasteiger partial charge is 0.445 e. The molecule has 0 heterocycles. The average Bonchev–Trinajstić information content (AvgIpc) is 2.68. The van der Waals surface area contributed by atoms with Crippen molar-refractivity contribution in [2.45, 2.75) is 64.6 Å². The van der Waals surface area contributed by atoms with Crippen LogP contribution in [0, 0.1) is 17.2 Å². The van der Waals surface area contributed by atoms with E-state index in [0.717, 1.165) is 5.56 Å². The molecule has 0 aliphatic carbocycles. The summed E-state index contributed by atoms with van der Waals surface area (Å²) >= 11 is 0. The first-order chi connectivity index (χ1) is 13.8. The Labute approximate surface area is 171 Å². The first-order valence-electron chi connectivity index (χ1n) is 9.77. The second kappa shape index (κ2) is 13.2. The summed E-state index contributed by atoms with van der Waals surface area (Å²) in [6.45, 7) is 3.93. The summed E-state index contributed by atoms with van der Waals surface area (Å²) in [5.74, 6) is -1.01. The number of primary amides is 1. The van der Waals surface area contributed by atoms with E-state index in [-0.39, 0.29) is 12.5 Å². The van der Waals surface area contributed by atoms with Gasteiger partial charge in [0.15, 0.2) is 0 Å². The lowest BCUT2D eigenvalue weighted by Crippen LogP contribution is -2.53. The van der Waals surface area contributed by atoms with Crippen LogP contribution in [-0.2, 0) is 20.9 Å². The van der Waals surface area contributed by atoms with E-state index >= 15 is 0 Å². The van der Waals surface area contributed by atoms with Gasteiger partial charge in [-0.1, -0.05) is 44.2 Å². The molecule has 1 aromatic rings. The fourth-order valence-electron chi connectivity index (χ4n) is 2.72. The highest BCUT2D eigenvalue weighted by Gasteiger charge is 2.26. The molecule has 158 valence electrons. The first-order valence-corrected chi connectivity index (χ1v) is 9.77. The number of alkyl carbamates (subject to hydrolysis) is 1. The van der Waals surface area contributed by atoms with Crippen molar-refractivity contribution in [2.75, 3.05) is 0 Å². The van der Waals surface area contributed by atoms with Crippen molar-refractivity contribution in [2.24, 2.45) is 11.7 Å². The number of hydrogen-bond acceptors (Lipinski definition) is 5. The molecule has 0 fully saturated rings. The molecule has 0 radical (unpaired) electrons. The molecule has 0 saturated heterocycles. The molecule has 0 aliphatic rings. The Morgan fingerprint density at radius 3 is 2.38 bits per heavy atom. The highest BCUT2D eigenvalue weighted by Crippen LogP contribution is 2.09. The van der Waals surface area contributed by atoms with Crippen molar-refractivity contribution in [3.05, 3.63) is 35.9 Å². The molecule has 0 bridgehead atoms. The zero-order valence-corrected chi connectivity index (χ0v) is 17.0. The molecule has 3 amide bonds. The number of amides is 3. The summed E-state index contributed by atoms with van der Waals surface area (Å²) in [6, 6.07) is 9.53. The standard InChI is InChI=1S/C21H30N4O4/c1-15(2)13-18(25-21(28)29-14-16-9-5-3-6-10-16)20(27)24-17(19(23)26)11-7-4-8-12-22/h3,5-6,9-10,15,17-18H,4,7-8,11,13-14H2,1-2H3,(H2,23,26)(H,24,27)(H,25,28)/t17-,18+/m1/s1. The molecule has 0 aromatic heterocycles. The van der Waals surface area contributed by atoms with E-state index in [1.807, 2.05) is 50.2 Å². The summed E-state index contributed by atoms with van der Waals surface area (Å²) in [5.41, 5.74) is 6.22. The summed E-state index contributed by atoms with van der Waals surface area (Å²) < 4.78 is 5.18. The van der Waals surface area contributed by atoms with Crippen LogP contribution in [0.25, 0.3) is 0 Å². The minimum absolute atomic E-state index is 0.0888. The van der Waals surface area contributed by atoms with Gasteiger partial charge < -0.3 is 21.1 Å². The Kier molecular flexibility index (Phi) is 10.9. The number of benzene rings is 1. The predicted octanol–water partition coefficient (Wildman–Crippen LogP) is 2.38. The van der Waals surface area contributed by atoms with Crippen molar-refractivity contribution in [1.29, 1.82) is 5.26 Å². The second-order valence-electron chi connectivity index (χ2n) is 7.26. The van der Waals surface area contributed by atoms with E-state index in [4.69, 9.17) is 15.7 Å². The zero-order valence-electron chi connectivity index (χ0n) is 17.0. The smallest absolute Gasteiger partial charge is 0.408 e. The van der Waals surface area contributed by atoms with Crippen molar-refractivity contribution < 1.29 is 19.1 Å². The Hall–Kier alpha value is -3.08. The molecule has 0 saturated carbocycles. The third kappa shape index (κ3) is 10.1. The maximum atomic E-state index is 12.7. The van der Waals surface area contributed by atoms with Crippen LogP contribution in [0.3, 0.4) is 0 Å². The van der Waals surface area contributed by atoms with Gasteiger partial charge in [0.1, 0.15) is 18.7 Å². The quantitative estimate of drug-likeness (QED) is 0.461. The van der Waals surface area contributed by atoms with E-state index in [9.17, 15) is 14.4 Å². The number of nitriles is 1. The Balaban J connectivity index is 2.64. The van der Waals surface area contributed by atoms with Crippen LogP contribution < -0.4 is 16.4 Å². The van der Waals surface area contributed by atoms with Crippen molar-refractivity contribution in [1.82, 2.24) is 10.6 Å². The van der Waals surface area contributed by atoms with Gasteiger partial charge in [0.05, 0.1) is 6.07 Å². The molecule has 8 heteroatoms. The number of ether oxygens (including phenoxy) is 1. The minimum atomic E-state index is -0.849. The first kappa shape index (κ1) is 24.0. The van der Waals surface area contributed by atoms with Gasteiger partial charge in [-0.3, -0.25) is 9.59 Å². The fourth-order valence-corrected chi connectivity index (χ4v) is 2.72. The van der Waals surface area contributed by atoms with Crippen LogP contribution in [0.5, 0.6) is 0 Å². The molecule has 0 spiro atoms. The molecule has 0 aliphatic heterocycles. The number of unbranched alkanes of at least 4 members (excludes halogenated alkanes) is 2. The van der Waals surface area contributed by atoms with Gasteiger partial charge >= 0.3 is 6.09 Å². The number of nitrogens with zero attached hydrogens (tertiary/aromatic N) is 1. The van der Waals surface area contributed by atoms with Gasteiger partial charge in [0, 0.05) is 6.42 Å². The monoisotopic (exact) mass is 402 g/mol. The van der Waals surface area contributed by atoms with E-state index in [1.54, 1.807) is 0 Å². The van der Waals surface area contributed by atoms with E-state index < -0.39 is 30.0 Å². The van der Waals surface area contributed by atoms with Gasteiger partial charge in [-0.05, 0) is 37.2 Å². The van der Waals surface area contributed by atoms with Gasteiger partial charge in [0.25, 0.3) is 0 Å². The van der Waals surface area contributed by atoms with Crippen LogP contribution in [0.2, 0.25) is 0 Å². The van der Waals surface area contributed by atoms with E-state index in [2.05, 4.69) is 10.6 Å². The average molecular weight is 402 g/mol. The van der Waals surface area contributed by atoms with Crippen LogP contribution >= 0.6 is 0 Å². The van der Waals surface area contributed by atoms with Crippen molar-refractivity contribution in [3.63, 3.8) is 0 Å². The number of carbonyl (C=O) groups is 3. The lowest BCUT2D eigenvalue weighted by Gasteiger charge is -2.23. The van der Waals surface area contributed by atoms with Crippen LogP contribution in [0.15, 0.2) is 30.3 Å². The molecule has 2 atom stereocenters. The lowest BCUT2D eigenvalue weighted by molar-refractivity contribution is -0.129. The third-order valence-electron chi connectivity index (χ3n) is 4.22. The number of hydrogen-bond donors (Lipinski definition) is 3. The molecule has 0 unspecified atom stereocenters. The molecule has 4 N–H and O–H groups in total. The zero-order chi connectivity index (χ0) is 21.6. The molecule has 29 heavy (non-hydrogen) atoms. The highest BCUT2D eigenvalue weighted by molar-refractivity contribution is 5.90. The van der Waals surface area contributed by atoms with Gasteiger partial charge in [-0.25, -0.2) is 4.79 Å². The normalized spacial score (nSPS) is 12.5. The summed E-state index contributed by atoms with van der Waals surface area (Å²) in [4.78, 5) is 36.4. The second-order valence-corrected chi connectivity index (χ2v) is 7.26. The molecular weight excluding hydrogens is 372 g/mol. The Bertz CT molecular complexity index is 700. The van der Waals surface area contributed by atoms with Crippen molar-refractivity contribution >= 4 is 17.9 Å². The summed E-state index contributed by atoms with van der Waals surface area (Å²) in [6.07, 6.45) is 1.60. The highest BCUT2D eigenvalue weighted by atomic mass is 16.5. The summed E-state index contributed by atoms with van der Waals surface area (Å²) in [7, 11) is 0.